The van der Waals surface area contributed by atoms with Crippen molar-refractivity contribution in [2.24, 2.45) is 0 Å². The van der Waals surface area contributed by atoms with Gasteiger partial charge >= 0.3 is 6.09 Å². The molecule has 2 aliphatic rings. The van der Waals surface area contributed by atoms with Gasteiger partial charge in [-0.2, -0.15) is 0 Å². The minimum atomic E-state index is -0.591. The van der Waals surface area contributed by atoms with Gasteiger partial charge in [-0.15, -0.1) is 0 Å². The molecule has 0 bridgehead atoms. The number of amides is 2. The van der Waals surface area contributed by atoms with E-state index >= 15 is 0 Å². The maximum absolute atomic E-state index is 13.3. The molecule has 0 radical (unpaired) electrons. The average molecular weight is 437 g/mol. The van der Waals surface area contributed by atoms with Gasteiger partial charge in [0.15, 0.2) is 0 Å². The molecular weight excluding hydrogens is 404 g/mol. The zero-order chi connectivity index (χ0) is 23.0. The van der Waals surface area contributed by atoms with Crippen molar-refractivity contribution in [2.75, 3.05) is 7.11 Å². The smallest absolute Gasteiger partial charge is 0.411 e. The Morgan fingerprint density at radius 3 is 2.34 bits per heavy atom. The lowest BCUT2D eigenvalue weighted by atomic mass is 9.85. The molecule has 2 amide bonds. The molecule has 4 rings (SSSR count). The number of carbonyl (C=O) groups is 2. The van der Waals surface area contributed by atoms with Crippen molar-refractivity contribution in [3.8, 4) is 5.75 Å². The van der Waals surface area contributed by atoms with Crippen molar-refractivity contribution in [1.29, 1.82) is 0 Å². The molecule has 6 nitrogen and oxygen atoms in total. The Kier molecular flexibility index (Phi) is 5.89. The topological polar surface area (TPSA) is 67.9 Å². The third-order valence-corrected chi connectivity index (χ3v) is 5.92. The highest BCUT2D eigenvalue weighted by Crippen LogP contribution is 2.40. The molecule has 2 aromatic rings. The van der Waals surface area contributed by atoms with Gasteiger partial charge < -0.3 is 14.8 Å². The third kappa shape index (κ3) is 4.74. The van der Waals surface area contributed by atoms with Crippen LogP contribution in [0.15, 0.2) is 42.5 Å². The van der Waals surface area contributed by atoms with Crippen LogP contribution in [0.25, 0.3) is 0 Å². The number of benzene rings is 2. The van der Waals surface area contributed by atoms with Crippen LogP contribution in [0.2, 0.25) is 0 Å². The molecule has 1 N–H and O–H groups in total. The summed E-state index contributed by atoms with van der Waals surface area (Å²) in [4.78, 5) is 27.5. The number of rotatable bonds is 4. The number of hydrogen-bond acceptors (Lipinski definition) is 4. The second-order valence-electron chi connectivity index (χ2n) is 9.78. The van der Waals surface area contributed by atoms with Crippen LogP contribution >= 0.6 is 0 Å². The molecule has 1 fully saturated rings. The van der Waals surface area contributed by atoms with E-state index in [4.69, 9.17) is 9.47 Å². The third-order valence-electron chi connectivity index (χ3n) is 5.92. The van der Waals surface area contributed by atoms with Crippen LogP contribution in [0.4, 0.5) is 4.79 Å². The van der Waals surface area contributed by atoms with Gasteiger partial charge in [0.1, 0.15) is 11.4 Å². The zero-order valence-electron chi connectivity index (χ0n) is 19.5. The van der Waals surface area contributed by atoms with Gasteiger partial charge in [0.2, 0.25) is 0 Å². The maximum atomic E-state index is 13.3. The van der Waals surface area contributed by atoms with Gasteiger partial charge in [-0.3, -0.25) is 9.69 Å². The first-order valence-corrected chi connectivity index (χ1v) is 11.2. The molecule has 32 heavy (non-hydrogen) atoms. The summed E-state index contributed by atoms with van der Waals surface area (Å²) in [6.07, 6.45) is 2.47. The predicted octanol–water partition coefficient (Wildman–Crippen LogP) is 4.86. The fourth-order valence-corrected chi connectivity index (χ4v) is 4.23. The number of carbonyl (C=O) groups excluding carboxylic acids is 2. The Balaban J connectivity index is 1.71. The summed E-state index contributed by atoms with van der Waals surface area (Å²) in [7, 11) is 1.66. The highest BCUT2D eigenvalue weighted by Gasteiger charge is 2.39. The Morgan fingerprint density at radius 2 is 1.75 bits per heavy atom. The van der Waals surface area contributed by atoms with Crippen LogP contribution in [-0.4, -0.2) is 41.7 Å². The molecule has 0 unspecified atom stereocenters. The summed E-state index contributed by atoms with van der Waals surface area (Å²) in [6, 6.07) is 13.5. The normalized spacial score (nSPS) is 20.3. The van der Waals surface area contributed by atoms with Crippen LogP contribution in [-0.2, 0) is 11.2 Å². The molecule has 2 atom stereocenters. The Hall–Kier alpha value is -3.02. The lowest BCUT2D eigenvalue weighted by molar-refractivity contribution is 0.00809. The maximum Gasteiger partial charge on any atom is 0.411 e. The standard InChI is InChI=1S/C26H32N2O4/c1-16-14-19-15-21(31-5)12-13-22(19)23(28(16)25(30)32-26(2,3)4)17-6-8-18(9-7-17)24(29)27-20-10-11-20/h6-9,12-13,15-16,20,23H,10-11,14H2,1-5H3,(H,27,29)/t16-,23-/m0/s1. The number of ether oxygens (including phenoxy) is 2. The van der Waals surface area contributed by atoms with Gasteiger partial charge in [0, 0.05) is 17.6 Å². The second kappa shape index (κ2) is 8.49. The Bertz CT molecular complexity index is 1010. The molecule has 1 aliphatic heterocycles. The molecule has 0 spiro atoms. The fourth-order valence-electron chi connectivity index (χ4n) is 4.23. The average Bonchev–Trinajstić information content (AvgIpc) is 3.55. The number of hydrogen-bond donors (Lipinski definition) is 1. The molecule has 2 aromatic carbocycles. The fraction of sp³-hybridized carbons (Fsp3) is 0.462. The molecule has 1 saturated carbocycles. The number of methoxy groups -OCH3 is 1. The van der Waals surface area contributed by atoms with Gasteiger partial charge in [-0.1, -0.05) is 18.2 Å². The van der Waals surface area contributed by atoms with Crippen LogP contribution in [0.1, 0.15) is 73.6 Å². The lowest BCUT2D eigenvalue weighted by Gasteiger charge is -2.42. The number of nitrogens with one attached hydrogen (secondary N) is 1. The summed E-state index contributed by atoms with van der Waals surface area (Å²) in [5, 5.41) is 3.02. The van der Waals surface area contributed by atoms with Crippen LogP contribution in [0, 0.1) is 0 Å². The highest BCUT2D eigenvalue weighted by molar-refractivity contribution is 5.94. The van der Waals surface area contributed by atoms with Crippen molar-refractivity contribution in [2.45, 2.75) is 70.7 Å². The quantitative estimate of drug-likeness (QED) is 0.743. The van der Waals surface area contributed by atoms with Crippen LogP contribution in [0.3, 0.4) is 0 Å². The van der Waals surface area contributed by atoms with Gasteiger partial charge in [-0.05, 0) is 87.9 Å². The lowest BCUT2D eigenvalue weighted by Crippen LogP contribution is -2.48. The monoisotopic (exact) mass is 436 g/mol. The van der Waals surface area contributed by atoms with E-state index in [0.717, 1.165) is 35.3 Å². The summed E-state index contributed by atoms with van der Waals surface area (Å²) in [6.45, 7) is 7.67. The van der Waals surface area contributed by atoms with Crippen molar-refractivity contribution >= 4 is 12.0 Å². The zero-order valence-corrected chi connectivity index (χ0v) is 19.5. The molecule has 1 heterocycles. The Labute approximate surface area is 189 Å². The SMILES string of the molecule is COc1ccc2c(c1)C[C@H](C)N(C(=O)OC(C)(C)C)[C@H]2c1ccc(C(=O)NC2CC2)cc1. The van der Waals surface area contributed by atoms with Crippen LogP contribution in [0.5, 0.6) is 5.75 Å². The first-order chi connectivity index (χ1) is 15.2. The minimum absolute atomic E-state index is 0.0507. The molecule has 6 heteroatoms. The molecule has 0 saturated heterocycles. The van der Waals surface area contributed by atoms with E-state index in [2.05, 4.69) is 5.32 Å². The summed E-state index contributed by atoms with van der Waals surface area (Å²) < 4.78 is 11.2. The first kappa shape index (κ1) is 22.2. The molecule has 170 valence electrons. The van der Waals surface area contributed by atoms with Crippen molar-refractivity contribution in [3.05, 3.63) is 64.7 Å². The largest absolute Gasteiger partial charge is 0.497 e. The van der Waals surface area contributed by atoms with Gasteiger partial charge in [-0.25, -0.2) is 4.79 Å². The molecule has 0 aromatic heterocycles. The minimum Gasteiger partial charge on any atom is -0.497 e. The Morgan fingerprint density at radius 1 is 1.06 bits per heavy atom. The summed E-state index contributed by atoms with van der Waals surface area (Å²) in [5.41, 5.74) is 3.17. The predicted molar refractivity (Wildman–Crippen MR) is 123 cm³/mol. The van der Waals surface area contributed by atoms with Crippen molar-refractivity contribution in [3.63, 3.8) is 0 Å². The van der Waals surface area contributed by atoms with E-state index in [-0.39, 0.29) is 24.1 Å². The number of nitrogens with zero attached hydrogens (tertiary/aromatic N) is 1. The van der Waals surface area contributed by atoms with Gasteiger partial charge in [0.25, 0.3) is 5.91 Å². The van der Waals surface area contributed by atoms with E-state index in [1.807, 2.05) is 75.1 Å². The van der Waals surface area contributed by atoms with E-state index in [0.29, 0.717) is 18.0 Å². The first-order valence-electron chi connectivity index (χ1n) is 11.2. The molecular formula is C26H32N2O4. The van der Waals surface area contributed by atoms with Crippen molar-refractivity contribution in [1.82, 2.24) is 10.2 Å². The number of fused-ring (bicyclic) bond motifs is 1. The van der Waals surface area contributed by atoms with E-state index < -0.39 is 5.60 Å². The van der Waals surface area contributed by atoms with Crippen LogP contribution < -0.4 is 10.1 Å². The highest BCUT2D eigenvalue weighted by atomic mass is 16.6. The summed E-state index contributed by atoms with van der Waals surface area (Å²) in [5.74, 6) is 0.748. The van der Waals surface area contributed by atoms with Crippen molar-refractivity contribution < 1.29 is 19.1 Å². The van der Waals surface area contributed by atoms with E-state index in [9.17, 15) is 9.59 Å². The van der Waals surface area contributed by atoms with E-state index in [1.165, 1.54) is 0 Å². The second-order valence-corrected chi connectivity index (χ2v) is 9.78. The molecule has 1 aliphatic carbocycles. The summed E-state index contributed by atoms with van der Waals surface area (Å²) >= 11 is 0. The van der Waals surface area contributed by atoms with E-state index in [1.54, 1.807) is 7.11 Å². The van der Waals surface area contributed by atoms with Gasteiger partial charge in [0.05, 0.1) is 13.2 Å².